The molecular formula is C23H20BrClN4O3. The minimum Gasteiger partial charge on any atom is -0.391 e. The Bertz CT molecular complexity index is 1170. The van der Waals surface area contributed by atoms with Crippen molar-refractivity contribution >= 4 is 39.3 Å². The fourth-order valence-electron chi connectivity index (χ4n) is 3.72. The van der Waals surface area contributed by atoms with E-state index in [1.165, 1.54) is 4.90 Å². The molecule has 7 nitrogen and oxygen atoms in total. The SMILES string of the molecule is C[C@H](O)C(NC(=O)CN1Cc2ccc(-c3nc(Cl)ncc3Br)cc2C1=O)c1ccccc1. The van der Waals surface area contributed by atoms with Crippen molar-refractivity contribution in [1.82, 2.24) is 20.2 Å². The molecule has 9 heteroatoms. The van der Waals surface area contributed by atoms with Crippen LogP contribution in [0.5, 0.6) is 0 Å². The highest BCUT2D eigenvalue weighted by Gasteiger charge is 2.30. The number of nitrogens with one attached hydrogen (secondary N) is 1. The Kier molecular flexibility index (Phi) is 6.55. The number of rotatable bonds is 6. The van der Waals surface area contributed by atoms with Crippen LogP contribution in [0.4, 0.5) is 0 Å². The molecule has 0 fully saturated rings. The van der Waals surface area contributed by atoms with Crippen LogP contribution < -0.4 is 5.32 Å². The predicted octanol–water partition coefficient (Wildman–Crippen LogP) is 3.75. The maximum absolute atomic E-state index is 13.0. The maximum atomic E-state index is 13.0. The summed E-state index contributed by atoms with van der Waals surface area (Å²) in [7, 11) is 0. The van der Waals surface area contributed by atoms with Crippen molar-refractivity contribution in [2.24, 2.45) is 0 Å². The van der Waals surface area contributed by atoms with Crippen molar-refractivity contribution < 1.29 is 14.7 Å². The van der Waals surface area contributed by atoms with Crippen molar-refractivity contribution in [3.63, 3.8) is 0 Å². The van der Waals surface area contributed by atoms with Gasteiger partial charge in [-0.3, -0.25) is 9.59 Å². The van der Waals surface area contributed by atoms with Crippen molar-refractivity contribution in [2.45, 2.75) is 25.6 Å². The predicted molar refractivity (Wildman–Crippen MR) is 124 cm³/mol. The van der Waals surface area contributed by atoms with Gasteiger partial charge in [-0.05, 0) is 51.6 Å². The average molecular weight is 516 g/mol. The summed E-state index contributed by atoms with van der Waals surface area (Å²) < 4.78 is 0.661. The number of aliphatic hydroxyl groups excluding tert-OH is 1. The third-order valence-electron chi connectivity index (χ3n) is 5.27. The lowest BCUT2D eigenvalue weighted by Gasteiger charge is -2.23. The van der Waals surface area contributed by atoms with Gasteiger partial charge in [-0.15, -0.1) is 0 Å². The average Bonchev–Trinajstić information content (AvgIpc) is 3.08. The molecule has 2 atom stereocenters. The molecule has 1 unspecified atom stereocenters. The van der Waals surface area contributed by atoms with E-state index in [1.807, 2.05) is 42.5 Å². The van der Waals surface area contributed by atoms with Crippen molar-refractivity contribution in [3.8, 4) is 11.3 Å². The van der Waals surface area contributed by atoms with E-state index in [0.717, 1.165) is 16.7 Å². The summed E-state index contributed by atoms with van der Waals surface area (Å²) in [4.78, 5) is 35.3. The first kappa shape index (κ1) is 22.4. The van der Waals surface area contributed by atoms with Crippen LogP contribution >= 0.6 is 27.5 Å². The molecule has 2 heterocycles. The van der Waals surface area contributed by atoms with Gasteiger partial charge in [-0.1, -0.05) is 42.5 Å². The van der Waals surface area contributed by atoms with E-state index in [4.69, 9.17) is 11.6 Å². The Morgan fingerprint density at radius 1 is 1.28 bits per heavy atom. The molecule has 1 aliphatic heterocycles. The number of halogens is 2. The van der Waals surface area contributed by atoms with Crippen LogP contribution in [-0.2, 0) is 11.3 Å². The van der Waals surface area contributed by atoms with Crippen LogP contribution in [0.15, 0.2) is 59.2 Å². The largest absolute Gasteiger partial charge is 0.391 e. The number of hydrogen-bond acceptors (Lipinski definition) is 5. The fourth-order valence-corrected chi connectivity index (χ4v) is 4.27. The fraction of sp³-hybridized carbons (Fsp3) is 0.217. The summed E-state index contributed by atoms with van der Waals surface area (Å²) in [5.41, 5.74) is 3.45. The summed E-state index contributed by atoms with van der Waals surface area (Å²) in [6.07, 6.45) is 0.773. The molecule has 0 saturated heterocycles. The Balaban J connectivity index is 1.49. The van der Waals surface area contributed by atoms with Gasteiger partial charge in [0.25, 0.3) is 5.91 Å². The van der Waals surface area contributed by atoms with Crippen molar-refractivity contribution in [2.75, 3.05) is 6.54 Å². The van der Waals surface area contributed by atoms with Gasteiger partial charge >= 0.3 is 0 Å². The topological polar surface area (TPSA) is 95.4 Å². The molecule has 2 aromatic carbocycles. The Morgan fingerprint density at radius 3 is 2.75 bits per heavy atom. The van der Waals surface area contributed by atoms with Gasteiger partial charge in [0.1, 0.15) is 6.54 Å². The van der Waals surface area contributed by atoms with Crippen LogP contribution in [0.25, 0.3) is 11.3 Å². The van der Waals surface area contributed by atoms with Crippen LogP contribution in [0.1, 0.15) is 34.5 Å². The Hall–Kier alpha value is -2.81. The molecule has 3 aromatic rings. The van der Waals surface area contributed by atoms with E-state index in [-0.39, 0.29) is 23.6 Å². The lowest BCUT2D eigenvalue weighted by atomic mass is 10.0. The van der Waals surface area contributed by atoms with Gasteiger partial charge in [0.2, 0.25) is 11.2 Å². The molecule has 32 heavy (non-hydrogen) atoms. The van der Waals surface area contributed by atoms with Crippen LogP contribution in [0.3, 0.4) is 0 Å². The van der Waals surface area contributed by atoms with Crippen LogP contribution in [0.2, 0.25) is 5.28 Å². The number of amides is 2. The van der Waals surface area contributed by atoms with E-state index in [0.29, 0.717) is 22.3 Å². The Labute approximate surface area is 198 Å². The Morgan fingerprint density at radius 2 is 2.03 bits per heavy atom. The maximum Gasteiger partial charge on any atom is 0.254 e. The molecule has 0 saturated carbocycles. The number of nitrogens with zero attached hydrogens (tertiary/aromatic N) is 3. The van der Waals surface area contributed by atoms with E-state index in [9.17, 15) is 14.7 Å². The van der Waals surface area contributed by atoms with Gasteiger partial charge in [-0.2, -0.15) is 0 Å². The van der Waals surface area contributed by atoms with E-state index in [2.05, 4.69) is 31.2 Å². The molecule has 0 spiro atoms. The normalized spacial score (nSPS) is 14.8. The van der Waals surface area contributed by atoms with Crippen LogP contribution in [-0.4, -0.2) is 44.4 Å². The van der Waals surface area contributed by atoms with E-state index in [1.54, 1.807) is 19.2 Å². The summed E-state index contributed by atoms with van der Waals surface area (Å²) in [6.45, 7) is 1.84. The molecule has 2 N–H and O–H groups in total. The lowest BCUT2D eigenvalue weighted by Crippen LogP contribution is -2.41. The summed E-state index contributed by atoms with van der Waals surface area (Å²) in [6, 6.07) is 14.1. The third kappa shape index (κ3) is 4.67. The zero-order valence-corrected chi connectivity index (χ0v) is 19.5. The quantitative estimate of drug-likeness (QED) is 0.488. The molecule has 0 bridgehead atoms. The number of aromatic nitrogens is 2. The molecule has 1 aliphatic rings. The molecular weight excluding hydrogens is 496 g/mol. The third-order valence-corrected chi connectivity index (χ3v) is 6.03. The van der Waals surface area contributed by atoms with Crippen molar-refractivity contribution in [1.29, 1.82) is 0 Å². The first-order valence-electron chi connectivity index (χ1n) is 9.96. The van der Waals surface area contributed by atoms with Gasteiger partial charge in [0.05, 0.1) is 22.3 Å². The summed E-state index contributed by atoms with van der Waals surface area (Å²) in [5.74, 6) is -0.576. The molecule has 164 valence electrons. The number of benzene rings is 2. The van der Waals surface area contributed by atoms with E-state index < -0.39 is 12.1 Å². The first-order valence-corrected chi connectivity index (χ1v) is 11.1. The first-order chi connectivity index (χ1) is 15.3. The second kappa shape index (κ2) is 9.36. The number of carbonyl (C=O) groups excluding carboxylic acids is 2. The summed E-state index contributed by atoms with van der Waals surface area (Å²) >= 11 is 9.33. The van der Waals surface area contributed by atoms with Gasteiger partial charge in [0.15, 0.2) is 0 Å². The summed E-state index contributed by atoms with van der Waals surface area (Å²) in [5, 5.41) is 13.1. The van der Waals surface area contributed by atoms with Gasteiger partial charge in [-0.25, -0.2) is 9.97 Å². The monoisotopic (exact) mass is 514 g/mol. The highest BCUT2D eigenvalue weighted by Crippen LogP contribution is 2.31. The van der Waals surface area contributed by atoms with Gasteiger partial charge in [0, 0.05) is 23.9 Å². The molecule has 1 aromatic heterocycles. The second-order valence-electron chi connectivity index (χ2n) is 7.57. The molecule has 0 radical (unpaired) electrons. The second-order valence-corrected chi connectivity index (χ2v) is 8.76. The number of carbonyl (C=O) groups is 2. The zero-order valence-electron chi connectivity index (χ0n) is 17.1. The smallest absolute Gasteiger partial charge is 0.254 e. The van der Waals surface area contributed by atoms with E-state index >= 15 is 0 Å². The number of fused-ring (bicyclic) bond motifs is 1. The number of aliphatic hydroxyl groups is 1. The lowest BCUT2D eigenvalue weighted by molar-refractivity contribution is -0.123. The van der Waals surface area contributed by atoms with Gasteiger partial charge < -0.3 is 15.3 Å². The number of hydrogen-bond donors (Lipinski definition) is 2. The molecule has 0 aliphatic carbocycles. The molecule has 4 rings (SSSR count). The zero-order chi connectivity index (χ0) is 22.8. The standard InChI is InChI=1S/C23H20BrClN4O3/c1-13(30)20(14-5-3-2-4-6-14)27-19(31)12-29-11-16-8-7-15(9-17(16)22(29)32)21-18(24)10-26-23(25)28-21/h2-10,13,20,30H,11-12H2,1H3,(H,27,31)/t13-,20?/m0/s1. The van der Waals surface area contributed by atoms with Crippen LogP contribution in [0, 0.1) is 0 Å². The molecule has 2 amide bonds. The minimum absolute atomic E-state index is 0.109. The van der Waals surface area contributed by atoms with Crippen molar-refractivity contribution in [3.05, 3.63) is 81.2 Å². The minimum atomic E-state index is -0.784. The highest BCUT2D eigenvalue weighted by atomic mass is 79.9. The highest BCUT2D eigenvalue weighted by molar-refractivity contribution is 9.10.